The van der Waals surface area contributed by atoms with Crippen LogP contribution >= 0.6 is 0 Å². The number of rotatable bonds is 5. The molecule has 8 nitrogen and oxygen atoms in total. The van der Waals surface area contributed by atoms with E-state index in [0.717, 1.165) is 6.26 Å². The Morgan fingerprint density at radius 1 is 1.23 bits per heavy atom. The summed E-state index contributed by atoms with van der Waals surface area (Å²) in [6.07, 6.45) is -2.73. The van der Waals surface area contributed by atoms with Gasteiger partial charge in [-0.25, -0.2) is 17.9 Å². The van der Waals surface area contributed by atoms with Crippen LogP contribution in [0.25, 0.3) is 0 Å². The molecule has 1 aliphatic heterocycles. The number of hydrogen-bond acceptors (Lipinski definition) is 5. The second kappa shape index (κ2) is 5.93. The highest BCUT2D eigenvalue weighted by Crippen LogP contribution is 2.42. The molecule has 11 heteroatoms. The number of halogens is 2. The van der Waals surface area contributed by atoms with Gasteiger partial charge in [-0.05, 0) is 12.1 Å². The molecule has 0 aliphatic carbocycles. The zero-order chi connectivity index (χ0) is 16.4. The van der Waals surface area contributed by atoms with Gasteiger partial charge in [0.15, 0.2) is 11.5 Å². The van der Waals surface area contributed by atoms with Gasteiger partial charge in [-0.1, -0.05) is 0 Å². The Morgan fingerprint density at radius 2 is 1.91 bits per heavy atom. The third-order valence-electron chi connectivity index (χ3n) is 2.43. The van der Waals surface area contributed by atoms with Crippen molar-refractivity contribution in [3.63, 3.8) is 0 Å². The smallest absolute Gasteiger partial charge is 0.395 e. The van der Waals surface area contributed by atoms with Crippen molar-refractivity contribution in [3.8, 4) is 11.5 Å². The molecule has 0 unspecified atom stereocenters. The summed E-state index contributed by atoms with van der Waals surface area (Å²) in [5.41, 5.74) is 0.216. The number of nitrogens with one attached hydrogen (secondary N) is 3. The third-order valence-corrected chi connectivity index (χ3v) is 3.16. The van der Waals surface area contributed by atoms with Crippen molar-refractivity contribution in [2.45, 2.75) is 6.29 Å². The Morgan fingerprint density at radius 3 is 2.59 bits per heavy atom. The number of sulfonamides is 1. The highest BCUT2D eigenvalue weighted by Gasteiger charge is 2.43. The Kier molecular flexibility index (Phi) is 4.37. The number of benzene rings is 1. The van der Waals surface area contributed by atoms with Gasteiger partial charge in [0.1, 0.15) is 0 Å². The minimum absolute atomic E-state index is 0.0274. The highest BCUT2D eigenvalue weighted by atomic mass is 32.2. The molecule has 0 radical (unpaired) electrons. The predicted octanol–water partition coefficient (Wildman–Crippen LogP) is 0.679. The lowest BCUT2D eigenvalue weighted by molar-refractivity contribution is -0.286. The number of carbonyl (C=O) groups is 1. The van der Waals surface area contributed by atoms with Gasteiger partial charge in [-0.3, -0.25) is 0 Å². The van der Waals surface area contributed by atoms with Gasteiger partial charge in [-0.2, -0.15) is 0 Å². The lowest BCUT2D eigenvalue weighted by atomic mass is 10.3. The van der Waals surface area contributed by atoms with E-state index in [9.17, 15) is 22.0 Å². The summed E-state index contributed by atoms with van der Waals surface area (Å²) in [7, 11) is -3.32. The van der Waals surface area contributed by atoms with E-state index in [4.69, 9.17) is 0 Å². The quantitative estimate of drug-likeness (QED) is 0.685. The van der Waals surface area contributed by atoms with E-state index in [1.165, 1.54) is 18.2 Å². The molecule has 2 rings (SSSR count). The molecule has 0 fully saturated rings. The van der Waals surface area contributed by atoms with E-state index >= 15 is 0 Å². The maximum absolute atomic E-state index is 12.8. The first-order valence-corrected chi connectivity index (χ1v) is 7.93. The molecule has 3 N–H and O–H groups in total. The van der Waals surface area contributed by atoms with Crippen LogP contribution in [0.15, 0.2) is 18.2 Å². The molecule has 0 atom stereocenters. The number of alkyl halides is 2. The second-order valence-electron chi connectivity index (χ2n) is 4.38. The average Bonchev–Trinajstić information content (AvgIpc) is 2.66. The zero-order valence-electron chi connectivity index (χ0n) is 11.4. The van der Waals surface area contributed by atoms with Crippen LogP contribution in [0.1, 0.15) is 0 Å². The molecule has 1 aliphatic rings. The molecule has 122 valence electrons. The van der Waals surface area contributed by atoms with Crippen molar-refractivity contribution in [1.29, 1.82) is 0 Å². The Hall–Kier alpha value is -2.14. The molecular formula is C11H13F2N3O5S. The maximum Gasteiger partial charge on any atom is 0.586 e. The summed E-state index contributed by atoms with van der Waals surface area (Å²) in [4.78, 5) is 11.5. The van der Waals surface area contributed by atoms with Crippen molar-refractivity contribution in [3.05, 3.63) is 18.2 Å². The van der Waals surface area contributed by atoms with Crippen LogP contribution in [-0.4, -0.2) is 40.1 Å². The molecule has 0 saturated carbocycles. The van der Waals surface area contributed by atoms with E-state index in [2.05, 4.69) is 24.8 Å². The first kappa shape index (κ1) is 16.2. The predicted molar refractivity (Wildman–Crippen MR) is 72.5 cm³/mol. The van der Waals surface area contributed by atoms with Gasteiger partial charge in [0, 0.05) is 24.8 Å². The van der Waals surface area contributed by atoms with Crippen molar-refractivity contribution in [1.82, 2.24) is 10.0 Å². The number of hydrogen-bond donors (Lipinski definition) is 3. The zero-order valence-corrected chi connectivity index (χ0v) is 12.2. The van der Waals surface area contributed by atoms with Crippen molar-refractivity contribution >= 4 is 21.7 Å². The van der Waals surface area contributed by atoms with Crippen molar-refractivity contribution in [2.75, 3.05) is 24.7 Å². The highest BCUT2D eigenvalue weighted by molar-refractivity contribution is 7.88. The third kappa shape index (κ3) is 4.70. The number of amides is 2. The largest absolute Gasteiger partial charge is 0.586 e. The molecule has 22 heavy (non-hydrogen) atoms. The monoisotopic (exact) mass is 337 g/mol. The normalized spacial score (nSPS) is 15.4. The average molecular weight is 337 g/mol. The molecule has 1 aromatic rings. The van der Waals surface area contributed by atoms with Crippen LogP contribution in [0.5, 0.6) is 11.5 Å². The maximum atomic E-state index is 12.8. The fourth-order valence-corrected chi connectivity index (χ4v) is 2.09. The molecule has 1 aromatic carbocycles. The van der Waals surface area contributed by atoms with E-state index in [0.29, 0.717) is 0 Å². The van der Waals surface area contributed by atoms with Gasteiger partial charge < -0.3 is 20.1 Å². The van der Waals surface area contributed by atoms with Gasteiger partial charge in [0.25, 0.3) is 0 Å². The SMILES string of the molecule is CS(=O)(=O)NCCNC(=O)Nc1ccc2c(c1)OC(F)(F)O2. The molecule has 0 saturated heterocycles. The van der Waals surface area contributed by atoms with E-state index in [-0.39, 0.29) is 30.3 Å². The number of urea groups is 1. The van der Waals surface area contributed by atoms with Gasteiger partial charge in [0.2, 0.25) is 10.0 Å². The van der Waals surface area contributed by atoms with Crippen LogP contribution in [0.3, 0.4) is 0 Å². The first-order valence-electron chi connectivity index (χ1n) is 6.04. The lowest BCUT2D eigenvalue weighted by Gasteiger charge is -2.08. The molecular weight excluding hydrogens is 324 g/mol. The summed E-state index contributed by atoms with van der Waals surface area (Å²) in [6, 6.07) is 3.15. The van der Waals surface area contributed by atoms with Gasteiger partial charge in [-0.15, -0.1) is 8.78 Å². The second-order valence-corrected chi connectivity index (χ2v) is 6.21. The molecule has 0 spiro atoms. The Bertz CT molecular complexity index is 680. The summed E-state index contributed by atoms with van der Waals surface area (Å²) >= 11 is 0. The van der Waals surface area contributed by atoms with E-state index < -0.39 is 22.3 Å². The molecule has 0 aromatic heterocycles. The summed E-state index contributed by atoms with van der Waals surface area (Å²) in [5, 5.41) is 4.78. The molecule has 2 amide bonds. The van der Waals surface area contributed by atoms with Crippen LogP contribution in [0, 0.1) is 0 Å². The fourth-order valence-electron chi connectivity index (χ4n) is 1.61. The van der Waals surface area contributed by atoms with Crippen molar-refractivity contribution in [2.24, 2.45) is 0 Å². The topological polar surface area (TPSA) is 106 Å². The first-order chi connectivity index (χ1) is 10.1. The summed E-state index contributed by atoms with van der Waals surface area (Å²) < 4.78 is 57.9. The summed E-state index contributed by atoms with van der Waals surface area (Å²) in [5.74, 6) is -0.324. The van der Waals surface area contributed by atoms with Gasteiger partial charge >= 0.3 is 12.3 Å². The lowest BCUT2D eigenvalue weighted by Crippen LogP contribution is -2.36. The van der Waals surface area contributed by atoms with Crippen LogP contribution in [0.2, 0.25) is 0 Å². The minimum Gasteiger partial charge on any atom is -0.395 e. The number of ether oxygens (including phenoxy) is 2. The minimum atomic E-state index is -3.72. The van der Waals surface area contributed by atoms with Crippen LogP contribution in [0.4, 0.5) is 19.3 Å². The standard InChI is InChI=1S/C11H13F2N3O5S/c1-22(18,19)15-5-4-14-10(17)16-7-2-3-8-9(6-7)21-11(12,13)20-8/h2-3,6,15H,4-5H2,1H3,(H2,14,16,17). The Balaban J connectivity index is 1.83. The van der Waals surface area contributed by atoms with Crippen LogP contribution in [-0.2, 0) is 10.0 Å². The molecule has 1 heterocycles. The number of anilines is 1. The summed E-state index contributed by atoms with van der Waals surface area (Å²) in [6.45, 7) is 0.0845. The molecule has 0 bridgehead atoms. The Labute approximate surface area is 124 Å². The van der Waals surface area contributed by atoms with Gasteiger partial charge in [0.05, 0.1) is 6.26 Å². The number of fused-ring (bicyclic) bond motifs is 1. The van der Waals surface area contributed by atoms with E-state index in [1.54, 1.807) is 0 Å². The van der Waals surface area contributed by atoms with E-state index in [1.807, 2.05) is 0 Å². The van der Waals surface area contributed by atoms with Crippen LogP contribution < -0.4 is 24.8 Å². The fraction of sp³-hybridized carbons (Fsp3) is 0.364. The van der Waals surface area contributed by atoms with Crippen molar-refractivity contribution < 1.29 is 31.5 Å². The number of carbonyl (C=O) groups excluding carboxylic acids is 1.